The topological polar surface area (TPSA) is 82.3 Å². The van der Waals surface area contributed by atoms with E-state index in [4.69, 9.17) is 4.98 Å². The quantitative estimate of drug-likeness (QED) is 0.177. The van der Waals surface area contributed by atoms with Gasteiger partial charge in [-0.2, -0.15) is 5.10 Å². The number of hydrogen-bond donors (Lipinski definition) is 3. The zero-order valence-corrected chi connectivity index (χ0v) is 22.5. The number of nitrogens with zero attached hydrogens (tertiary/aromatic N) is 3. The van der Waals surface area contributed by atoms with E-state index in [0.717, 1.165) is 61.5 Å². The van der Waals surface area contributed by atoms with E-state index >= 15 is 0 Å². The summed E-state index contributed by atoms with van der Waals surface area (Å²) in [6.45, 7) is 10.3. The van der Waals surface area contributed by atoms with Crippen molar-refractivity contribution in [3.05, 3.63) is 109 Å². The van der Waals surface area contributed by atoms with Crippen LogP contribution in [0.25, 0.3) is 50.2 Å². The van der Waals surface area contributed by atoms with Crippen molar-refractivity contribution in [3.8, 4) is 22.6 Å². The van der Waals surface area contributed by atoms with Gasteiger partial charge in [-0.25, -0.2) is 9.37 Å². The Morgan fingerprint density at radius 2 is 1.85 bits per heavy atom. The highest BCUT2D eigenvalue weighted by Crippen LogP contribution is 2.33. The van der Waals surface area contributed by atoms with Crippen molar-refractivity contribution in [2.45, 2.75) is 32.6 Å². The van der Waals surface area contributed by atoms with Gasteiger partial charge in [0.15, 0.2) is 0 Å². The molecule has 1 aliphatic carbocycles. The fraction of sp³-hybridized carbons (Fsp3) is 0.182. The second kappa shape index (κ2) is 10.8. The first-order chi connectivity index (χ1) is 19.5. The molecular weight excluding hydrogens is 499 g/mol. The van der Waals surface area contributed by atoms with Crippen LogP contribution in [-0.2, 0) is 0 Å². The van der Waals surface area contributed by atoms with Crippen LogP contribution in [0.3, 0.4) is 0 Å². The summed E-state index contributed by atoms with van der Waals surface area (Å²) in [6, 6.07) is 14.3. The van der Waals surface area contributed by atoms with Gasteiger partial charge in [-0.1, -0.05) is 32.1 Å². The van der Waals surface area contributed by atoms with Gasteiger partial charge >= 0.3 is 0 Å². The van der Waals surface area contributed by atoms with Crippen LogP contribution in [-0.4, -0.2) is 25.1 Å². The lowest BCUT2D eigenvalue weighted by atomic mass is 10.0. The van der Waals surface area contributed by atoms with Crippen LogP contribution in [0, 0.1) is 11.7 Å². The van der Waals surface area contributed by atoms with E-state index in [0.29, 0.717) is 11.6 Å². The lowest BCUT2D eigenvalue weighted by Crippen LogP contribution is -2.16. The SMILES string of the molecule is C=C/C(=C\C(=C/C)c1ccc2[nH]nc(-c3cc4c(-c5ccc(F)cc5)nccc4[nH]3)c2n1)NC(=C)C1CCCC1. The zero-order chi connectivity index (χ0) is 27.6. The monoisotopic (exact) mass is 530 g/mol. The number of hydrogen-bond acceptors (Lipinski definition) is 4. The van der Waals surface area contributed by atoms with Gasteiger partial charge in [0, 0.05) is 34.1 Å². The summed E-state index contributed by atoms with van der Waals surface area (Å²) in [5.74, 6) is 0.232. The molecule has 5 aromatic rings. The third-order valence-corrected chi connectivity index (χ3v) is 7.62. The predicted molar refractivity (Wildman–Crippen MR) is 161 cm³/mol. The molecule has 0 amide bonds. The third-order valence-electron chi connectivity index (χ3n) is 7.62. The molecule has 1 saturated carbocycles. The molecule has 0 aliphatic heterocycles. The average molecular weight is 531 g/mol. The maximum absolute atomic E-state index is 13.5. The van der Waals surface area contributed by atoms with Crippen LogP contribution >= 0.6 is 0 Å². The molecule has 1 aliphatic rings. The van der Waals surface area contributed by atoms with E-state index in [2.05, 4.69) is 44.7 Å². The van der Waals surface area contributed by atoms with Crippen LogP contribution in [0.1, 0.15) is 38.3 Å². The number of pyridine rings is 2. The Balaban J connectivity index is 1.35. The van der Waals surface area contributed by atoms with Crippen molar-refractivity contribution in [3.63, 3.8) is 0 Å². The summed E-state index contributed by atoms with van der Waals surface area (Å²) in [5, 5.41) is 12.1. The van der Waals surface area contributed by atoms with E-state index < -0.39 is 0 Å². The number of rotatable bonds is 8. The van der Waals surface area contributed by atoms with E-state index in [1.165, 1.54) is 37.8 Å². The summed E-state index contributed by atoms with van der Waals surface area (Å²) in [5.41, 5.74) is 9.42. The highest BCUT2D eigenvalue weighted by atomic mass is 19.1. The summed E-state index contributed by atoms with van der Waals surface area (Å²) < 4.78 is 13.5. The summed E-state index contributed by atoms with van der Waals surface area (Å²) >= 11 is 0. The fourth-order valence-corrected chi connectivity index (χ4v) is 5.45. The molecule has 6 nitrogen and oxygen atoms in total. The van der Waals surface area contributed by atoms with Crippen LogP contribution in [0.4, 0.5) is 4.39 Å². The molecule has 7 heteroatoms. The zero-order valence-electron chi connectivity index (χ0n) is 22.5. The molecule has 0 saturated heterocycles. The Kier molecular flexibility index (Phi) is 6.86. The van der Waals surface area contributed by atoms with Gasteiger partial charge in [0.05, 0.1) is 22.6 Å². The molecule has 0 bridgehead atoms. The molecule has 3 N–H and O–H groups in total. The van der Waals surface area contributed by atoms with Crippen LogP contribution in [0.15, 0.2) is 97.5 Å². The third kappa shape index (κ3) is 4.86. The standard InChI is InChI=1S/C33H31FN6/c1-4-21(18-25(5-2)36-20(3)22-8-6-7-9-22)27-14-15-29-32(38-27)33(40-39-29)30-19-26-28(37-30)16-17-35-31(26)23-10-12-24(34)13-11-23/h4-5,10-19,22,36-37H,2-3,6-9H2,1H3,(H,39,40)/b21-4+,25-18+. The highest BCUT2D eigenvalue weighted by molar-refractivity contribution is 5.99. The van der Waals surface area contributed by atoms with E-state index in [-0.39, 0.29) is 5.82 Å². The molecular formula is C33H31FN6. The van der Waals surface area contributed by atoms with Crippen LogP contribution in [0.5, 0.6) is 0 Å². The largest absolute Gasteiger partial charge is 0.359 e. The normalized spacial score (nSPS) is 14.8. The molecule has 4 heterocycles. The van der Waals surface area contributed by atoms with Gasteiger partial charge in [-0.15, -0.1) is 0 Å². The minimum absolute atomic E-state index is 0.277. The number of fused-ring (bicyclic) bond motifs is 2. The molecule has 200 valence electrons. The first-order valence-corrected chi connectivity index (χ1v) is 13.6. The molecule has 0 radical (unpaired) electrons. The van der Waals surface area contributed by atoms with Gasteiger partial charge in [-0.05, 0) is 91.9 Å². The Morgan fingerprint density at radius 3 is 2.60 bits per heavy atom. The molecule has 40 heavy (non-hydrogen) atoms. The van der Waals surface area contributed by atoms with Crippen molar-refractivity contribution in [1.82, 2.24) is 30.5 Å². The van der Waals surface area contributed by atoms with Gasteiger partial charge < -0.3 is 10.3 Å². The smallest absolute Gasteiger partial charge is 0.135 e. The lowest BCUT2D eigenvalue weighted by molar-refractivity contribution is 0.607. The molecule has 6 rings (SSSR count). The van der Waals surface area contributed by atoms with Crippen LogP contribution in [0.2, 0.25) is 0 Å². The van der Waals surface area contributed by atoms with Gasteiger partial charge in [0.2, 0.25) is 0 Å². The highest BCUT2D eigenvalue weighted by Gasteiger charge is 2.19. The number of halogens is 1. The maximum Gasteiger partial charge on any atom is 0.135 e. The summed E-state index contributed by atoms with van der Waals surface area (Å²) in [4.78, 5) is 13.1. The number of nitrogens with one attached hydrogen (secondary N) is 3. The predicted octanol–water partition coefficient (Wildman–Crippen LogP) is 8.07. The minimum atomic E-state index is -0.277. The lowest BCUT2D eigenvalue weighted by Gasteiger charge is -2.16. The number of H-pyrrole nitrogens is 2. The van der Waals surface area contributed by atoms with Crippen molar-refractivity contribution in [2.75, 3.05) is 0 Å². The van der Waals surface area contributed by atoms with Crippen molar-refractivity contribution in [2.24, 2.45) is 5.92 Å². The number of benzene rings is 1. The first kappa shape index (κ1) is 25.5. The molecule has 1 aromatic carbocycles. The Labute approximate surface area is 232 Å². The Bertz CT molecular complexity index is 1780. The molecule has 0 atom stereocenters. The van der Waals surface area contributed by atoms with Crippen LogP contribution < -0.4 is 5.32 Å². The number of aromatic amines is 2. The molecule has 1 fully saturated rings. The maximum atomic E-state index is 13.5. The summed E-state index contributed by atoms with van der Waals surface area (Å²) in [7, 11) is 0. The summed E-state index contributed by atoms with van der Waals surface area (Å²) in [6.07, 6.45) is 12.6. The van der Waals surface area contributed by atoms with Gasteiger partial charge in [0.1, 0.15) is 17.0 Å². The van der Waals surface area contributed by atoms with Gasteiger partial charge in [-0.3, -0.25) is 10.1 Å². The first-order valence-electron chi connectivity index (χ1n) is 13.6. The van der Waals surface area contributed by atoms with Crippen molar-refractivity contribution < 1.29 is 4.39 Å². The van der Waals surface area contributed by atoms with Crippen molar-refractivity contribution in [1.29, 1.82) is 0 Å². The van der Waals surface area contributed by atoms with E-state index in [1.54, 1.807) is 18.3 Å². The number of aromatic nitrogens is 5. The molecule has 0 unspecified atom stereocenters. The van der Waals surface area contributed by atoms with E-state index in [9.17, 15) is 4.39 Å². The average Bonchev–Trinajstić information content (AvgIpc) is 3.74. The Morgan fingerprint density at radius 1 is 1.05 bits per heavy atom. The fourth-order valence-electron chi connectivity index (χ4n) is 5.45. The second-order valence-corrected chi connectivity index (χ2v) is 10.2. The second-order valence-electron chi connectivity index (χ2n) is 10.2. The molecule has 0 spiro atoms. The number of allylic oxidation sites excluding steroid dienone is 5. The van der Waals surface area contributed by atoms with Crippen molar-refractivity contribution >= 4 is 27.5 Å². The van der Waals surface area contributed by atoms with Gasteiger partial charge in [0.25, 0.3) is 0 Å². The molecule has 4 aromatic heterocycles. The minimum Gasteiger partial charge on any atom is -0.359 e. The Hall–Kier alpha value is -4.78. The van der Waals surface area contributed by atoms with E-state index in [1.807, 2.05) is 43.3 Å².